The second-order valence-electron chi connectivity index (χ2n) is 9.17. The third kappa shape index (κ3) is 5.70. The number of benzene rings is 3. The van der Waals surface area contributed by atoms with Gasteiger partial charge in [-0.3, -0.25) is 4.98 Å². The normalized spacial score (nSPS) is 10.9. The Morgan fingerprint density at radius 3 is 2.37 bits per heavy atom. The van der Waals surface area contributed by atoms with Gasteiger partial charge in [-0.15, -0.1) is 0 Å². The molecular formula is C31H22ClN7O2. The van der Waals surface area contributed by atoms with Crippen LogP contribution in [0.5, 0.6) is 11.6 Å². The van der Waals surface area contributed by atoms with E-state index in [0.717, 1.165) is 22.3 Å². The van der Waals surface area contributed by atoms with Crippen LogP contribution in [0.3, 0.4) is 0 Å². The van der Waals surface area contributed by atoms with Gasteiger partial charge in [0.25, 0.3) is 5.88 Å². The van der Waals surface area contributed by atoms with Crippen LogP contribution < -0.4 is 10.1 Å². The Balaban J connectivity index is 1.38. The van der Waals surface area contributed by atoms with Crippen molar-refractivity contribution in [1.29, 1.82) is 5.26 Å². The van der Waals surface area contributed by atoms with Gasteiger partial charge in [0.05, 0.1) is 29.6 Å². The Kier molecular flexibility index (Phi) is 7.24. The van der Waals surface area contributed by atoms with Crippen LogP contribution in [-0.4, -0.2) is 29.6 Å². The van der Waals surface area contributed by atoms with E-state index in [1.54, 1.807) is 49.1 Å². The quantitative estimate of drug-likeness (QED) is 0.217. The standard InChI is InChI=1S/C31H22ClN7O2/c32-26-15-24(23-11-13-34-14-12-23)7-10-27(26)41-30-28-29(35-19-39(28)17-21-1-3-22(18-40)4-2-21)37-31(38-30)36-25-8-5-20(16-33)6-9-25/h1-15,19,40H,17-18H2,(H,36,37,38). The number of halogens is 1. The minimum absolute atomic E-state index is 0.0180. The molecule has 0 aliphatic carbocycles. The van der Waals surface area contributed by atoms with E-state index in [4.69, 9.17) is 21.6 Å². The first-order chi connectivity index (χ1) is 20.1. The maximum Gasteiger partial charge on any atom is 0.250 e. The first kappa shape index (κ1) is 26.0. The minimum Gasteiger partial charge on any atom is -0.435 e. The molecule has 3 heterocycles. The highest BCUT2D eigenvalue weighted by molar-refractivity contribution is 6.32. The van der Waals surface area contributed by atoms with Gasteiger partial charge in [-0.2, -0.15) is 15.2 Å². The molecule has 0 atom stereocenters. The molecule has 200 valence electrons. The number of nitrogens with zero attached hydrogens (tertiary/aromatic N) is 6. The van der Waals surface area contributed by atoms with Crippen molar-refractivity contribution >= 4 is 34.4 Å². The van der Waals surface area contributed by atoms with Crippen molar-refractivity contribution in [1.82, 2.24) is 24.5 Å². The lowest BCUT2D eigenvalue weighted by Crippen LogP contribution is -2.04. The lowest BCUT2D eigenvalue weighted by atomic mass is 10.1. The van der Waals surface area contributed by atoms with Gasteiger partial charge in [0.1, 0.15) is 5.75 Å². The van der Waals surface area contributed by atoms with Crippen LogP contribution in [0, 0.1) is 11.3 Å². The zero-order valence-corrected chi connectivity index (χ0v) is 22.3. The van der Waals surface area contributed by atoms with E-state index in [1.165, 1.54) is 0 Å². The number of pyridine rings is 1. The molecule has 0 saturated carbocycles. The van der Waals surface area contributed by atoms with Crippen LogP contribution in [0.25, 0.3) is 22.3 Å². The number of fused-ring (bicyclic) bond motifs is 1. The van der Waals surface area contributed by atoms with E-state index in [0.29, 0.717) is 39.7 Å². The minimum atomic E-state index is -0.0180. The van der Waals surface area contributed by atoms with E-state index in [9.17, 15) is 5.11 Å². The number of nitrogens with one attached hydrogen (secondary N) is 1. The average molecular weight is 560 g/mol. The van der Waals surface area contributed by atoms with Gasteiger partial charge < -0.3 is 19.7 Å². The van der Waals surface area contributed by atoms with E-state index >= 15 is 0 Å². The number of aliphatic hydroxyl groups is 1. The van der Waals surface area contributed by atoms with Crippen molar-refractivity contribution in [2.45, 2.75) is 13.2 Å². The summed E-state index contributed by atoms with van der Waals surface area (Å²) in [6.07, 6.45) is 5.14. The predicted molar refractivity (Wildman–Crippen MR) is 156 cm³/mol. The van der Waals surface area contributed by atoms with E-state index in [-0.39, 0.29) is 18.4 Å². The number of anilines is 2. The summed E-state index contributed by atoms with van der Waals surface area (Å²) in [6.45, 7) is 0.467. The molecule has 0 unspecified atom stereocenters. The van der Waals surface area contributed by atoms with Gasteiger partial charge in [-0.1, -0.05) is 41.9 Å². The number of hydrogen-bond acceptors (Lipinski definition) is 8. The summed E-state index contributed by atoms with van der Waals surface area (Å²) in [5.41, 5.74) is 6.03. The average Bonchev–Trinajstić information content (AvgIpc) is 3.42. The fraction of sp³-hybridized carbons (Fsp3) is 0.0645. The lowest BCUT2D eigenvalue weighted by molar-refractivity contribution is 0.282. The van der Waals surface area contributed by atoms with Crippen molar-refractivity contribution in [2.24, 2.45) is 0 Å². The first-order valence-corrected chi connectivity index (χ1v) is 13.0. The van der Waals surface area contributed by atoms with Gasteiger partial charge in [-0.25, -0.2) is 4.98 Å². The molecule has 2 N–H and O–H groups in total. The zero-order chi connectivity index (χ0) is 28.2. The molecule has 3 aromatic heterocycles. The molecule has 0 amide bonds. The smallest absolute Gasteiger partial charge is 0.250 e. The molecule has 10 heteroatoms. The second kappa shape index (κ2) is 11.4. The summed E-state index contributed by atoms with van der Waals surface area (Å²) < 4.78 is 8.24. The van der Waals surface area contributed by atoms with Gasteiger partial charge in [-0.05, 0) is 70.8 Å². The van der Waals surface area contributed by atoms with Crippen LogP contribution in [0.2, 0.25) is 5.02 Å². The molecule has 0 fully saturated rings. The summed E-state index contributed by atoms with van der Waals surface area (Å²) in [7, 11) is 0. The number of imidazole rings is 1. The Hall–Kier alpha value is -5.30. The van der Waals surface area contributed by atoms with Gasteiger partial charge >= 0.3 is 0 Å². The largest absolute Gasteiger partial charge is 0.435 e. The van der Waals surface area contributed by atoms with Crippen molar-refractivity contribution in [3.63, 3.8) is 0 Å². The molecule has 9 nitrogen and oxygen atoms in total. The lowest BCUT2D eigenvalue weighted by Gasteiger charge is -2.13. The fourth-order valence-corrected chi connectivity index (χ4v) is 4.53. The Bertz CT molecular complexity index is 1870. The first-order valence-electron chi connectivity index (χ1n) is 12.7. The predicted octanol–water partition coefficient (Wildman–Crippen LogP) is 6.49. The Labute approximate surface area is 240 Å². The Morgan fingerprint density at radius 1 is 0.902 bits per heavy atom. The number of nitriles is 1. The maximum atomic E-state index is 9.38. The molecule has 3 aromatic carbocycles. The molecule has 0 aliphatic rings. The van der Waals surface area contributed by atoms with Crippen molar-refractivity contribution < 1.29 is 9.84 Å². The third-order valence-corrected chi connectivity index (χ3v) is 6.72. The summed E-state index contributed by atoms with van der Waals surface area (Å²) >= 11 is 6.68. The number of aliphatic hydroxyl groups excluding tert-OH is 1. The summed E-state index contributed by atoms with van der Waals surface area (Å²) in [5.74, 6) is 0.974. The van der Waals surface area contributed by atoms with Crippen LogP contribution in [0.15, 0.2) is 97.6 Å². The van der Waals surface area contributed by atoms with E-state index in [2.05, 4.69) is 31.3 Å². The Morgan fingerprint density at radius 2 is 1.66 bits per heavy atom. The monoisotopic (exact) mass is 559 g/mol. The molecule has 0 radical (unpaired) electrons. The number of hydrogen-bond donors (Lipinski definition) is 2. The molecule has 6 aromatic rings. The van der Waals surface area contributed by atoms with Gasteiger partial charge in [0, 0.05) is 24.6 Å². The van der Waals surface area contributed by atoms with Gasteiger partial charge in [0.15, 0.2) is 11.2 Å². The van der Waals surface area contributed by atoms with Gasteiger partial charge in [0.2, 0.25) is 5.95 Å². The second-order valence-corrected chi connectivity index (χ2v) is 9.58. The topological polar surface area (TPSA) is 122 Å². The SMILES string of the molecule is N#Cc1ccc(Nc2nc(Oc3ccc(-c4ccncc4)cc3Cl)c3c(ncn3Cc3ccc(CO)cc3)n2)cc1. The van der Waals surface area contributed by atoms with Crippen LogP contribution in [0.4, 0.5) is 11.6 Å². The molecule has 41 heavy (non-hydrogen) atoms. The molecule has 0 aliphatic heterocycles. The zero-order valence-electron chi connectivity index (χ0n) is 21.6. The van der Waals surface area contributed by atoms with E-state index in [1.807, 2.05) is 53.1 Å². The summed E-state index contributed by atoms with van der Waals surface area (Å²) in [4.78, 5) is 17.9. The summed E-state index contributed by atoms with van der Waals surface area (Å²) in [5, 5.41) is 22.1. The van der Waals surface area contributed by atoms with Crippen molar-refractivity contribution in [2.75, 3.05) is 5.32 Å². The molecule has 0 spiro atoms. The molecule has 0 bridgehead atoms. The third-order valence-electron chi connectivity index (χ3n) is 6.42. The molecule has 6 rings (SSSR count). The highest BCUT2D eigenvalue weighted by Crippen LogP contribution is 2.36. The van der Waals surface area contributed by atoms with Crippen LogP contribution in [-0.2, 0) is 13.2 Å². The van der Waals surface area contributed by atoms with E-state index < -0.39 is 0 Å². The highest BCUT2D eigenvalue weighted by Gasteiger charge is 2.18. The summed E-state index contributed by atoms with van der Waals surface area (Å²) in [6, 6.07) is 26.1. The fourth-order valence-electron chi connectivity index (χ4n) is 4.31. The maximum absolute atomic E-state index is 9.38. The number of rotatable bonds is 8. The van der Waals surface area contributed by atoms with Crippen molar-refractivity contribution in [3.05, 3.63) is 119 Å². The van der Waals surface area contributed by atoms with Crippen molar-refractivity contribution in [3.8, 4) is 28.8 Å². The highest BCUT2D eigenvalue weighted by atomic mass is 35.5. The van der Waals surface area contributed by atoms with Crippen LogP contribution >= 0.6 is 11.6 Å². The molecule has 0 saturated heterocycles. The number of ether oxygens (including phenoxy) is 1. The molecular weight excluding hydrogens is 538 g/mol. The number of aromatic nitrogens is 5. The van der Waals surface area contributed by atoms with Crippen LogP contribution in [0.1, 0.15) is 16.7 Å².